The van der Waals surface area contributed by atoms with Crippen molar-refractivity contribution in [2.45, 2.75) is 44.7 Å². The van der Waals surface area contributed by atoms with E-state index in [1.165, 1.54) is 44.2 Å². The van der Waals surface area contributed by atoms with Crippen molar-refractivity contribution in [3.63, 3.8) is 0 Å². The molecule has 1 aromatic carbocycles. The van der Waals surface area contributed by atoms with E-state index < -0.39 is 0 Å². The lowest BCUT2D eigenvalue weighted by atomic mass is 9.85. The molecule has 1 aliphatic heterocycles. The number of hydrogen-bond acceptors (Lipinski definition) is 3. The van der Waals surface area contributed by atoms with Crippen molar-refractivity contribution >= 4 is 15.9 Å². The standard InChI is InChI=1S/C16H22BrNO2/c1-20-15-9-11(8-13(17)16(15)19)10-18-7-6-12-4-2-3-5-14(12)18/h8-9,12,14,19H,2-7,10H2,1H3. The molecule has 1 N–H and O–H groups in total. The SMILES string of the molecule is COc1cc(CN2CCC3CCCCC32)cc(Br)c1O. The van der Waals surface area contributed by atoms with Gasteiger partial charge in [0.05, 0.1) is 11.6 Å². The summed E-state index contributed by atoms with van der Waals surface area (Å²) in [6.07, 6.45) is 6.89. The average molecular weight is 340 g/mol. The van der Waals surface area contributed by atoms with Gasteiger partial charge >= 0.3 is 0 Å². The van der Waals surface area contributed by atoms with Crippen LogP contribution in [0.15, 0.2) is 16.6 Å². The van der Waals surface area contributed by atoms with Crippen LogP contribution >= 0.6 is 15.9 Å². The molecule has 3 nitrogen and oxygen atoms in total. The fourth-order valence-electron chi connectivity index (χ4n) is 3.81. The van der Waals surface area contributed by atoms with Crippen molar-refractivity contribution in [1.29, 1.82) is 0 Å². The molecule has 1 aromatic rings. The van der Waals surface area contributed by atoms with Crippen LogP contribution in [0.1, 0.15) is 37.7 Å². The van der Waals surface area contributed by atoms with Crippen LogP contribution in [0, 0.1) is 5.92 Å². The van der Waals surface area contributed by atoms with Crippen molar-refractivity contribution in [3.8, 4) is 11.5 Å². The lowest BCUT2D eigenvalue weighted by Crippen LogP contribution is -2.34. The molecule has 2 atom stereocenters. The number of aromatic hydroxyl groups is 1. The van der Waals surface area contributed by atoms with E-state index in [0.29, 0.717) is 10.2 Å². The molecule has 1 aliphatic carbocycles. The molecular weight excluding hydrogens is 318 g/mol. The summed E-state index contributed by atoms with van der Waals surface area (Å²) >= 11 is 3.41. The van der Waals surface area contributed by atoms with Crippen LogP contribution in [0.4, 0.5) is 0 Å². The van der Waals surface area contributed by atoms with Gasteiger partial charge in [0, 0.05) is 12.6 Å². The molecule has 2 unspecified atom stereocenters. The quantitative estimate of drug-likeness (QED) is 0.905. The summed E-state index contributed by atoms with van der Waals surface area (Å²) in [6, 6.07) is 4.73. The second-order valence-corrected chi connectivity index (χ2v) is 6.85. The first kappa shape index (κ1) is 14.2. The van der Waals surface area contributed by atoms with Gasteiger partial charge in [0.25, 0.3) is 0 Å². The van der Waals surface area contributed by atoms with Gasteiger partial charge in [-0.1, -0.05) is 12.8 Å². The van der Waals surface area contributed by atoms with Gasteiger partial charge in [0.2, 0.25) is 0 Å². The maximum absolute atomic E-state index is 9.88. The lowest BCUT2D eigenvalue weighted by molar-refractivity contribution is 0.175. The molecule has 1 saturated carbocycles. The predicted octanol–water partition coefficient (Wildman–Crippen LogP) is 3.93. The van der Waals surface area contributed by atoms with Gasteiger partial charge in [-0.25, -0.2) is 0 Å². The normalized spacial score (nSPS) is 26.5. The molecule has 2 aliphatic rings. The summed E-state index contributed by atoms with van der Waals surface area (Å²) < 4.78 is 5.95. The third kappa shape index (κ3) is 2.68. The minimum atomic E-state index is 0.188. The second-order valence-electron chi connectivity index (χ2n) is 6.00. The summed E-state index contributed by atoms with van der Waals surface area (Å²) in [5, 5.41) is 9.88. The molecule has 1 saturated heterocycles. The molecule has 2 fully saturated rings. The summed E-state index contributed by atoms with van der Waals surface area (Å²) in [5.41, 5.74) is 1.21. The first-order valence-corrected chi connectivity index (χ1v) is 8.27. The molecule has 0 spiro atoms. The van der Waals surface area contributed by atoms with E-state index in [1.54, 1.807) is 7.11 Å². The smallest absolute Gasteiger partial charge is 0.172 e. The Morgan fingerprint density at radius 3 is 2.90 bits per heavy atom. The van der Waals surface area contributed by atoms with E-state index in [4.69, 9.17) is 4.74 Å². The molecule has 0 bridgehead atoms. The Balaban J connectivity index is 1.76. The summed E-state index contributed by atoms with van der Waals surface area (Å²) in [6.45, 7) is 2.16. The molecule has 4 heteroatoms. The number of rotatable bonds is 3. The Bertz CT molecular complexity index is 492. The Morgan fingerprint density at radius 1 is 1.30 bits per heavy atom. The molecule has 0 radical (unpaired) electrons. The minimum absolute atomic E-state index is 0.188. The molecule has 20 heavy (non-hydrogen) atoms. The summed E-state index contributed by atoms with van der Waals surface area (Å²) in [7, 11) is 1.60. The van der Waals surface area contributed by atoms with Crippen molar-refractivity contribution in [2.75, 3.05) is 13.7 Å². The third-order valence-corrected chi connectivity index (χ3v) is 5.42. The molecular formula is C16H22BrNO2. The molecule has 110 valence electrons. The van der Waals surface area contributed by atoms with Gasteiger partial charge in [0.1, 0.15) is 0 Å². The van der Waals surface area contributed by atoms with E-state index in [1.807, 2.05) is 12.1 Å². The topological polar surface area (TPSA) is 32.7 Å². The zero-order valence-corrected chi connectivity index (χ0v) is 13.5. The first-order valence-electron chi connectivity index (χ1n) is 7.48. The second kappa shape index (κ2) is 5.94. The van der Waals surface area contributed by atoms with Crippen LogP contribution in [-0.2, 0) is 6.54 Å². The fraction of sp³-hybridized carbons (Fsp3) is 0.625. The van der Waals surface area contributed by atoms with Crippen LogP contribution in [0.2, 0.25) is 0 Å². The van der Waals surface area contributed by atoms with Crippen LogP contribution in [0.5, 0.6) is 11.5 Å². The van der Waals surface area contributed by atoms with Crippen molar-refractivity contribution in [3.05, 3.63) is 22.2 Å². The predicted molar refractivity (Wildman–Crippen MR) is 83.1 cm³/mol. The monoisotopic (exact) mass is 339 g/mol. The number of hydrogen-bond donors (Lipinski definition) is 1. The number of methoxy groups -OCH3 is 1. The van der Waals surface area contributed by atoms with E-state index in [2.05, 4.69) is 20.8 Å². The van der Waals surface area contributed by atoms with Crippen molar-refractivity contribution < 1.29 is 9.84 Å². The first-order chi connectivity index (χ1) is 9.69. The number of phenolic OH excluding ortho intramolecular Hbond substituents is 1. The number of ether oxygens (including phenoxy) is 1. The van der Waals surface area contributed by atoms with E-state index in [9.17, 15) is 5.11 Å². The number of halogens is 1. The highest BCUT2D eigenvalue weighted by atomic mass is 79.9. The maximum atomic E-state index is 9.88. The highest BCUT2D eigenvalue weighted by Gasteiger charge is 2.35. The fourth-order valence-corrected chi connectivity index (χ4v) is 4.30. The number of benzene rings is 1. The van der Waals surface area contributed by atoms with Crippen LogP contribution < -0.4 is 4.74 Å². The molecule has 0 aromatic heterocycles. The Hall–Kier alpha value is -0.740. The number of fused-ring (bicyclic) bond motifs is 1. The highest BCUT2D eigenvalue weighted by Crippen LogP contribution is 2.39. The van der Waals surface area contributed by atoms with Crippen LogP contribution in [0.25, 0.3) is 0 Å². The van der Waals surface area contributed by atoms with Crippen LogP contribution in [-0.4, -0.2) is 29.7 Å². The molecule has 3 rings (SSSR count). The molecule has 1 heterocycles. The van der Waals surface area contributed by atoms with Crippen molar-refractivity contribution in [1.82, 2.24) is 4.90 Å². The third-order valence-electron chi connectivity index (χ3n) is 4.82. The summed E-state index contributed by atoms with van der Waals surface area (Å²) in [4.78, 5) is 2.61. The van der Waals surface area contributed by atoms with Crippen LogP contribution in [0.3, 0.4) is 0 Å². The zero-order chi connectivity index (χ0) is 14.1. The largest absolute Gasteiger partial charge is 0.503 e. The number of likely N-dealkylation sites (tertiary alicyclic amines) is 1. The van der Waals surface area contributed by atoms with Gasteiger partial charge in [-0.3, -0.25) is 4.90 Å². The van der Waals surface area contributed by atoms with E-state index in [-0.39, 0.29) is 5.75 Å². The van der Waals surface area contributed by atoms with Gasteiger partial charge in [-0.15, -0.1) is 0 Å². The molecule has 0 amide bonds. The van der Waals surface area contributed by atoms with Gasteiger partial charge in [0.15, 0.2) is 11.5 Å². The lowest BCUT2D eigenvalue weighted by Gasteiger charge is -2.31. The minimum Gasteiger partial charge on any atom is -0.503 e. The van der Waals surface area contributed by atoms with E-state index in [0.717, 1.165) is 18.5 Å². The number of phenols is 1. The zero-order valence-electron chi connectivity index (χ0n) is 11.9. The Labute approximate surface area is 129 Å². The highest BCUT2D eigenvalue weighted by molar-refractivity contribution is 9.10. The van der Waals surface area contributed by atoms with Gasteiger partial charge < -0.3 is 9.84 Å². The van der Waals surface area contributed by atoms with E-state index >= 15 is 0 Å². The maximum Gasteiger partial charge on any atom is 0.172 e. The van der Waals surface area contributed by atoms with Gasteiger partial charge in [-0.2, -0.15) is 0 Å². The average Bonchev–Trinajstić information content (AvgIpc) is 2.86. The van der Waals surface area contributed by atoms with Crippen molar-refractivity contribution in [2.24, 2.45) is 5.92 Å². The number of nitrogens with zero attached hydrogens (tertiary/aromatic N) is 1. The summed E-state index contributed by atoms with van der Waals surface area (Å²) in [5.74, 6) is 1.65. The van der Waals surface area contributed by atoms with Gasteiger partial charge in [-0.05, 0) is 65.4 Å². The Morgan fingerprint density at radius 2 is 2.10 bits per heavy atom. The Kier molecular flexibility index (Phi) is 4.22.